The number of nitrogens with zero attached hydrogens (tertiary/aromatic N) is 1. The van der Waals surface area contributed by atoms with E-state index in [4.69, 9.17) is 4.74 Å². The van der Waals surface area contributed by atoms with Gasteiger partial charge in [0.25, 0.3) is 0 Å². The molecular weight excluding hydrogens is 281 g/mol. The summed E-state index contributed by atoms with van der Waals surface area (Å²) in [5.74, 6) is -0.241. The largest absolute Gasteiger partial charge is 0.444 e. The number of ether oxygens (including phenoxy) is 1. The minimum absolute atomic E-state index is 0.237. The molecule has 2 bridgehead atoms. The molecule has 3 rings (SSSR count). The summed E-state index contributed by atoms with van der Waals surface area (Å²) in [4.78, 5) is 14.7. The second-order valence-corrected chi connectivity index (χ2v) is 7.47. The molecule has 2 aliphatic heterocycles. The SMILES string of the molecule is CC(C)(C)OC(=O)N1C2CCCC1(c1ccc(F)cc1)CC2. The van der Waals surface area contributed by atoms with Gasteiger partial charge in [0, 0.05) is 6.04 Å². The number of halogens is 1. The highest BCUT2D eigenvalue weighted by Gasteiger charge is 2.53. The van der Waals surface area contributed by atoms with Crippen molar-refractivity contribution in [1.29, 1.82) is 0 Å². The molecule has 4 heteroatoms. The van der Waals surface area contributed by atoms with Crippen molar-refractivity contribution in [2.45, 2.75) is 70.1 Å². The van der Waals surface area contributed by atoms with Crippen LogP contribution >= 0.6 is 0 Å². The normalized spacial score (nSPS) is 27.8. The number of hydrogen-bond acceptors (Lipinski definition) is 2. The lowest BCUT2D eigenvalue weighted by molar-refractivity contribution is -0.0160. The molecule has 0 spiro atoms. The third-order valence-electron chi connectivity index (χ3n) is 4.82. The predicted octanol–water partition coefficient (Wildman–Crippen LogP) is 4.60. The molecule has 2 saturated heterocycles. The van der Waals surface area contributed by atoms with Crippen molar-refractivity contribution in [3.05, 3.63) is 35.6 Å². The molecule has 0 N–H and O–H groups in total. The lowest BCUT2D eigenvalue weighted by Crippen LogP contribution is -2.52. The summed E-state index contributed by atoms with van der Waals surface area (Å²) in [6, 6.07) is 6.85. The number of benzene rings is 1. The first-order valence-corrected chi connectivity index (χ1v) is 8.10. The van der Waals surface area contributed by atoms with Gasteiger partial charge < -0.3 is 4.74 Å². The zero-order chi connectivity index (χ0) is 16.0. The molecule has 0 radical (unpaired) electrons. The van der Waals surface area contributed by atoms with Gasteiger partial charge in [-0.2, -0.15) is 0 Å². The van der Waals surface area contributed by atoms with Crippen LogP contribution in [0.2, 0.25) is 0 Å². The molecule has 2 atom stereocenters. The van der Waals surface area contributed by atoms with Gasteiger partial charge in [-0.1, -0.05) is 12.1 Å². The lowest BCUT2D eigenvalue weighted by Gasteiger charge is -2.45. The van der Waals surface area contributed by atoms with E-state index in [0.29, 0.717) is 0 Å². The summed E-state index contributed by atoms with van der Waals surface area (Å²) in [6.07, 6.45) is 4.75. The van der Waals surface area contributed by atoms with Gasteiger partial charge in [-0.15, -0.1) is 0 Å². The zero-order valence-electron chi connectivity index (χ0n) is 13.6. The van der Waals surface area contributed by atoms with Gasteiger partial charge in [0.15, 0.2) is 0 Å². The molecule has 3 nitrogen and oxygen atoms in total. The van der Waals surface area contributed by atoms with E-state index in [9.17, 15) is 9.18 Å². The van der Waals surface area contributed by atoms with Crippen LogP contribution in [0.3, 0.4) is 0 Å². The van der Waals surface area contributed by atoms with Crippen molar-refractivity contribution in [2.24, 2.45) is 0 Å². The van der Waals surface area contributed by atoms with Crippen LogP contribution in [0.25, 0.3) is 0 Å². The van der Waals surface area contributed by atoms with Crippen LogP contribution in [-0.4, -0.2) is 22.6 Å². The van der Waals surface area contributed by atoms with Crippen molar-refractivity contribution in [1.82, 2.24) is 4.90 Å². The summed E-state index contributed by atoms with van der Waals surface area (Å²) in [6.45, 7) is 5.67. The van der Waals surface area contributed by atoms with Gasteiger partial charge in [0.05, 0.1) is 5.54 Å². The predicted molar refractivity (Wildman–Crippen MR) is 83.0 cm³/mol. The minimum Gasteiger partial charge on any atom is -0.444 e. The van der Waals surface area contributed by atoms with Crippen LogP contribution in [0.4, 0.5) is 9.18 Å². The number of carbonyl (C=O) groups is 1. The van der Waals surface area contributed by atoms with Crippen LogP contribution in [0, 0.1) is 5.82 Å². The molecule has 0 aliphatic carbocycles. The van der Waals surface area contributed by atoms with E-state index in [1.54, 1.807) is 0 Å². The Bertz CT molecular complexity index is 559. The first-order valence-electron chi connectivity index (χ1n) is 8.10. The minimum atomic E-state index is -0.502. The van der Waals surface area contributed by atoms with E-state index in [0.717, 1.165) is 37.7 Å². The summed E-state index contributed by atoms with van der Waals surface area (Å²) in [5, 5.41) is 0. The molecule has 0 saturated carbocycles. The molecular formula is C18H24FNO2. The highest BCUT2D eigenvalue weighted by atomic mass is 19.1. The molecule has 120 valence electrons. The summed E-state index contributed by atoms with van der Waals surface area (Å²) < 4.78 is 18.9. The Morgan fingerprint density at radius 1 is 1.23 bits per heavy atom. The maximum atomic E-state index is 13.3. The average molecular weight is 305 g/mol. The first-order chi connectivity index (χ1) is 10.3. The molecule has 2 fully saturated rings. The van der Waals surface area contributed by atoms with Crippen LogP contribution < -0.4 is 0 Å². The summed E-state index contributed by atoms with van der Waals surface area (Å²) in [5.41, 5.74) is 0.207. The monoisotopic (exact) mass is 305 g/mol. The standard InChI is InChI=1S/C18H24FNO2/c1-17(2,3)22-16(21)20-15-5-4-11-18(20,12-10-15)13-6-8-14(19)9-7-13/h6-9,15H,4-5,10-12H2,1-3H3. The number of fused-ring (bicyclic) bond motifs is 2. The van der Waals surface area contributed by atoms with Gasteiger partial charge in [0.1, 0.15) is 11.4 Å². The van der Waals surface area contributed by atoms with Crippen molar-refractivity contribution < 1.29 is 13.9 Å². The van der Waals surface area contributed by atoms with Crippen LogP contribution in [-0.2, 0) is 10.3 Å². The number of hydrogen-bond donors (Lipinski definition) is 0. The molecule has 2 heterocycles. The topological polar surface area (TPSA) is 29.5 Å². The second-order valence-electron chi connectivity index (χ2n) is 7.47. The zero-order valence-corrected chi connectivity index (χ0v) is 13.6. The van der Waals surface area contributed by atoms with Crippen LogP contribution in [0.5, 0.6) is 0 Å². The van der Waals surface area contributed by atoms with E-state index in [-0.39, 0.29) is 23.5 Å². The summed E-state index contributed by atoms with van der Waals surface area (Å²) in [7, 11) is 0. The Hall–Kier alpha value is -1.58. The molecule has 2 unspecified atom stereocenters. The van der Waals surface area contributed by atoms with Crippen molar-refractivity contribution in [3.8, 4) is 0 Å². The van der Waals surface area contributed by atoms with E-state index in [2.05, 4.69) is 0 Å². The molecule has 1 amide bonds. The first kappa shape index (κ1) is 15.3. The van der Waals surface area contributed by atoms with E-state index < -0.39 is 5.60 Å². The van der Waals surface area contributed by atoms with Gasteiger partial charge in [-0.05, 0) is 70.6 Å². The smallest absolute Gasteiger partial charge is 0.411 e. The Labute approximate surface area is 131 Å². The maximum Gasteiger partial charge on any atom is 0.411 e. The number of rotatable bonds is 1. The van der Waals surface area contributed by atoms with Crippen LogP contribution in [0.15, 0.2) is 24.3 Å². The fraction of sp³-hybridized carbons (Fsp3) is 0.611. The quantitative estimate of drug-likeness (QED) is 0.758. The van der Waals surface area contributed by atoms with Crippen molar-refractivity contribution >= 4 is 6.09 Å². The Morgan fingerprint density at radius 3 is 2.55 bits per heavy atom. The van der Waals surface area contributed by atoms with Crippen molar-refractivity contribution in [3.63, 3.8) is 0 Å². The second kappa shape index (κ2) is 5.25. The van der Waals surface area contributed by atoms with E-state index in [1.807, 2.05) is 37.8 Å². The number of carbonyl (C=O) groups excluding carboxylic acids is 1. The van der Waals surface area contributed by atoms with Gasteiger partial charge in [-0.25, -0.2) is 9.18 Å². The lowest BCUT2D eigenvalue weighted by atomic mass is 9.82. The average Bonchev–Trinajstić information content (AvgIpc) is 2.66. The Morgan fingerprint density at radius 2 is 1.91 bits per heavy atom. The molecule has 1 aromatic carbocycles. The fourth-order valence-corrected chi connectivity index (χ4v) is 3.98. The number of amides is 1. The maximum absolute atomic E-state index is 13.3. The van der Waals surface area contributed by atoms with Crippen molar-refractivity contribution in [2.75, 3.05) is 0 Å². The highest BCUT2D eigenvalue weighted by Crippen LogP contribution is 2.51. The highest BCUT2D eigenvalue weighted by molar-refractivity contribution is 5.71. The molecule has 22 heavy (non-hydrogen) atoms. The Balaban J connectivity index is 1.96. The van der Waals surface area contributed by atoms with E-state index >= 15 is 0 Å². The number of piperidine rings is 1. The van der Waals surface area contributed by atoms with E-state index in [1.165, 1.54) is 12.1 Å². The Kier molecular flexibility index (Phi) is 3.66. The fourth-order valence-electron chi connectivity index (χ4n) is 3.98. The van der Waals surface area contributed by atoms with Gasteiger partial charge >= 0.3 is 6.09 Å². The molecule has 1 aromatic rings. The van der Waals surface area contributed by atoms with Gasteiger partial charge in [-0.3, -0.25) is 4.90 Å². The third-order valence-corrected chi connectivity index (χ3v) is 4.82. The van der Waals surface area contributed by atoms with Gasteiger partial charge in [0.2, 0.25) is 0 Å². The third kappa shape index (κ3) is 2.59. The summed E-state index contributed by atoms with van der Waals surface area (Å²) >= 11 is 0. The molecule has 2 aliphatic rings. The van der Waals surface area contributed by atoms with Crippen LogP contribution in [0.1, 0.15) is 58.4 Å². The molecule has 0 aromatic heterocycles.